The lowest BCUT2D eigenvalue weighted by Crippen LogP contribution is -2.52. The van der Waals surface area contributed by atoms with Gasteiger partial charge in [0.1, 0.15) is 11.6 Å². The molecule has 0 aliphatic carbocycles. The van der Waals surface area contributed by atoms with Crippen LogP contribution in [0.15, 0.2) is 6.07 Å². The molecule has 0 aromatic carbocycles. The number of aromatic nitrogens is 2. The van der Waals surface area contributed by atoms with Gasteiger partial charge in [-0.2, -0.15) is 11.8 Å². The van der Waals surface area contributed by atoms with Crippen LogP contribution in [0.25, 0.3) is 0 Å². The first-order valence-electron chi connectivity index (χ1n) is 8.63. The van der Waals surface area contributed by atoms with E-state index in [9.17, 15) is 0 Å². The fourth-order valence-corrected chi connectivity index (χ4v) is 3.37. The van der Waals surface area contributed by atoms with E-state index >= 15 is 0 Å². The first kappa shape index (κ1) is 19.2. The number of rotatable bonds is 6. The SMILES string of the molecule is CSCCCNC(=S)N1CCN(c2cc(C)nc(C(C)C)n2)CC1. The van der Waals surface area contributed by atoms with E-state index in [1.165, 1.54) is 5.75 Å². The van der Waals surface area contributed by atoms with Crippen LogP contribution in [0.1, 0.15) is 37.7 Å². The number of hydrogen-bond donors (Lipinski definition) is 1. The second-order valence-corrected chi connectivity index (χ2v) is 7.81. The van der Waals surface area contributed by atoms with Crippen LogP contribution >= 0.6 is 24.0 Å². The van der Waals surface area contributed by atoms with Crippen molar-refractivity contribution in [2.24, 2.45) is 0 Å². The van der Waals surface area contributed by atoms with Crippen LogP contribution in [0.4, 0.5) is 5.82 Å². The molecule has 0 saturated carbocycles. The van der Waals surface area contributed by atoms with Crippen LogP contribution in [-0.2, 0) is 0 Å². The maximum absolute atomic E-state index is 5.52. The minimum absolute atomic E-state index is 0.350. The molecule has 1 N–H and O–H groups in total. The van der Waals surface area contributed by atoms with E-state index < -0.39 is 0 Å². The predicted molar refractivity (Wildman–Crippen MR) is 108 cm³/mol. The smallest absolute Gasteiger partial charge is 0.169 e. The summed E-state index contributed by atoms with van der Waals surface area (Å²) in [7, 11) is 0. The monoisotopic (exact) mass is 367 g/mol. The summed E-state index contributed by atoms with van der Waals surface area (Å²) >= 11 is 7.39. The van der Waals surface area contributed by atoms with Crippen molar-refractivity contribution in [3.05, 3.63) is 17.6 Å². The summed E-state index contributed by atoms with van der Waals surface area (Å²) in [5, 5.41) is 4.26. The fraction of sp³-hybridized carbons (Fsp3) is 0.706. The Morgan fingerprint density at radius 3 is 2.62 bits per heavy atom. The van der Waals surface area contributed by atoms with E-state index in [0.29, 0.717) is 5.92 Å². The lowest BCUT2D eigenvalue weighted by molar-refractivity contribution is 0.379. The van der Waals surface area contributed by atoms with Gasteiger partial charge in [0.15, 0.2) is 5.11 Å². The number of hydrogen-bond acceptors (Lipinski definition) is 5. The van der Waals surface area contributed by atoms with Crippen LogP contribution < -0.4 is 10.2 Å². The number of aryl methyl sites for hydroxylation is 1. The molecule has 1 aromatic heterocycles. The number of thiocarbonyl (C=S) groups is 1. The molecule has 0 atom stereocenters. The molecular weight excluding hydrogens is 338 g/mol. The van der Waals surface area contributed by atoms with Gasteiger partial charge in [-0.15, -0.1) is 0 Å². The Bertz CT molecular complexity index is 542. The van der Waals surface area contributed by atoms with Crippen LogP contribution in [0.3, 0.4) is 0 Å². The van der Waals surface area contributed by atoms with Crippen molar-refractivity contribution in [2.75, 3.05) is 49.6 Å². The largest absolute Gasteiger partial charge is 0.363 e. The zero-order valence-electron chi connectivity index (χ0n) is 15.2. The molecule has 0 bridgehead atoms. The second kappa shape index (κ2) is 9.42. The summed E-state index contributed by atoms with van der Waals surface area (Å²) in [4.78, 5) is 13.9. The predicted octanol–water partition coefficient (Wildman–Crippen LogP) is 2.66. The molecule has 0 amide bonds. The summed E-state index contributed by atoms with van der Waals surface area (Å²) in [6, 6.07) is 2.08. The van der Waals surface area contributed by atoms with Crippen molar-refractivity contribution in [3.63, 3.8) is 0 Å². The highest BCUT2D eigenvalue weighted by Crippen LogP contribution is 2.18. The first-order chi connectivity index (χ1) is 11.5. The lowest BCUT2D eigenvalue weighted by Gasteiger charge is -2.37. The van der Waals surface area contributed by atoms with E-state index in [0.717, 1.165) is 61.6 Å². The average molecular weight is 368 g/mol. The maximum Gasteiger partial charge on any atom is 0.169 e. The Hall–Kier alpha value is -1.08. The molecule has 0 unspecified atom stereocenters. The highest BCUT2D eigenvalue weighted by Gasteiger charge is 2.20. The molecule has 1 aromatic rings. The molecule has 0 radical (unpaired) electrons. The third-order valence-electron chi connectivity index (χ3n) is 4.07. The third-order valence-corrected chi connectivity index (χ3v) is 5.17. The molecular formula is C17H29N5S2. The molecule has 0 spiro atoms. The van der Waals surface area contributed by atoms with Gasteiger partial charge in [-0.3, -0.25) is 0 Å². The number of nitrogens with one attached hydrogen (secondary N) is 1. The van der Waals surface area contributed by atoms with Crippen LogP contribution in [0.2, 0.25) is 0 Å². The topological polar surface area (TPSA) is 44.3 Å². The van der Waals surface area contributed by atoms with Gasteiger partial charge in [0.05, 0.1) is 0 Å². The Kier molecular flexibility index (Phi) is 7.55. The average Bonchev–Trinajstić information content (AvgIpc) is 2.58. The molecule has 2 rings (SSSR count). The van der Waals surface area contributed by atoms with Gasteiger partial charge in [0.2, 0.25) is 0 Å². The lowest BCUT2D eigenvalue weighted by atomic mass is 10.2. The molecule has 1 aliphatic rings. The van der Waals surface area contributed by atoms with Gasteiger partial charge in [0.25, 0.3) is 0 Å². The summed E-state index contributed by atoms with van der Waals surface area (Å²) < 4.78 is 0. The van der Waals surface area contributed by atoms with Crippen molar-refractivity contribution >= 4 is 34.9 Å². The van der Waals surface area contributed by atoms with E-state index in [1.807, 2.05) is 18.7 Å². The maximum atomic E-state index is 5.52. The number of piperazine rings is 1. The Balaban J connectivity index is 1.87. The number of nitrogens with zero attached hydrogens (tertiary/aromatic N) is 4. The van der Waals surface area contributed by atoms with Crippen molar-refractivity contribution < 1.29 is 0 Å². The molecule has 1 fully saturated rings. The standard InChI is InChI=1S/C17H29N5S2/c1-13(2)16-19-14(3)12-15(20-16)21-7-9-22(10-8-21)17(23)18-6-5-11-24-4/h12-13H,5-11H2,1-4H3,(H,18,23). The zero-order valence-corrected chi connectivity index (χ0v) is 16.8. The second-order valence-electron chi connectivity index (χ2n) is 6.43. The van der Waals surface area contributed by atoms with E-state index in [4.69, 9.17) is 17.2 Å². The van der Waals surface area contributed by atoms with Crippen LogP contribution in [0, 0.1) is 6.92 Å². The molecule has 24 heavy (non-hydrogen) atoms. The van der Waals surface area contributed by atoms with Crippen molar-refractivity contribution in [3.8, 4) is 0 Å². The first-order valence-corrected chi connectivity index (χ1v) is 10.4. The highest BCUT2D eigenvalue weighted by atomic mass is 32.2. The fourth-order valence-electron chi connectivity index (χ4n) is 2.66. The zero-order chi connectivity index (χ0) is 17.5. The Labute approximate surface area is 155 Å². The summed E-state index contributed by atoms with van der Waals surface area (Å²) in [5.74, 6) is 3.50. The normalized spacial score (nSPS) is 15.0. The van der Waals surface area contributed by atoms with Gasteiger partial charge < -0.3 is 15.1 Å². The summed E-state index contributed by atoms with van der Waals surface area (Å²) in [6.45, 7) is 11.0. The molecule has 2 heterocycles. The quantitative estimate of drug-likeness (QED) is 0.612. The highest BCUT2D eigenvalue weighted by molar-refractivity contribution is 7.98. The van der Waals surface area contributed by atoms with Gasteiger partial charge >= 0.3 is 0 Å². The minimum atomic E-state index is 0.350. The summed E-state index contributed by atoms with van der Waals surface area (Å²) in [6.07, 6.45) is 3.29. The van der Waals surface area contributed by atoms with Gasteiger partial charge in [0, 0.05) is 50.4 Å². The van der Waals surface area contributed by atoms with E-state index in [-0.39, 0.29) is 0 Å². The number of anilines is 1. The molecule has 1 aliphatic heterocycles. The van der Waals surface area contributed by atoms with E-state index in [1.54, 1.807) is 0 Å². The van der Waals surface area contributed by atoms with Crippen molar-refractivity contribution in [1.29, 1.82) is 0 Å². The van der Waals surface area contributed by atoms with Gasteiger partial charge in [-0.1, -0.05) is 13.8 Å². The van der Waals surface area contributed by atoms with Crippen molar-refractivity contribution in [1.82, 2.24) is 20.2 Å². The van der Waals surface area contributed by atoms with E-state index in [2.05, 4.69) is 46.3 Å². The molecule has 5 nitrogen and oxygen atoms in total. The molecule has 1 saturated heterocycles. The molecule has 134 valence electrons. The number of thioether (sulfide) groups is 1. The van der Waals surface area contributed by atoms with Crippen molar-refractivity contribution in [2.45, 2.75) is 33.1 Å². The summed E-state index contributed by atoms with van der Waals surface area (Å²) in [5.41, 5.74) is 1.04. The molecule has 7 heteroatoms. The van der Waals surface area contributed by atoms with Gasteiger partial charge in [-0.05, 0) is 37.6 Å². The Morgan fingerprint density at radius 2 is 2.00 bits per heavy atom. The van der Waals surface area contributed by atoms with Crippen LogP contribution in [0.5, 0.6) is 0 Å². The minimum Gasteiger partial charge on any atom is -0.363 e. The Morgan fingerprint density at radius 1 is 1.29 bits per heavy atom. The third kappa shape index (κ3) is 5.48. The van der Waals surface area contributed by atoms with Crippen LogP contribution in [-0.4, -0.2) is 64.7 Å². The van der Waals surface area contributed by atoms with Gasteiger partial charge in [-0.25, -0.2) is 9.97 Å².